The molecule has 0 bridgehead atoms. The Hall–Kier alpha value is -5.18. The number of carbonyl (C=O) groups excluding carboxylic acids is 1. The van der Waals surface area contributed by atoms with Gasteiger partial charge in [-0.25, -0.2) is 4.98 Å². The van der Waals surface area contributed by atoms with Crippen LogP contribution in [0.3, 0.4) is 0 Å². The van der Waals surface area contributed by atoms with Gasteiger partial charge in [0.05, 0.1) is 17.6 Å². The van der Waals surface area contributed by atoms with Crippen LogP contribution in [-0.4, -0.2) is 33.8 Å². The largest absolute Gasteiger partial charge is 0.384 e. The molecule has 0 radical (unpaired) electrons. The van der Waals surface area contributed by atoms with Gasteiger partial charge in [0.2, 0.25) is 5.91 Å². The summed E-state index contributed by atoms with van der Waals surface area (Å²) in [5.74, 6) is 1.05. The first kappa shape index (κ1) is 28.4. The van der Waals surface area contributed by atoms with E-state index in [0.717, 1.165) is 57.3 Å². The van der Waals surface area contributed by atoms with E-state index in [1.54, 1.807) is 0 Å². The van der Waals surface area contributed by atoms with Crippen molar-refractivity contribution in [2.45, 2.75) is 32.2 Å². The van der Waals surface area contributed by atoms with Gasteiger partial charge in [-0.1, -0.05) is 66.7 Å². The fraction of sp³-hybridized carbons (Fsp3) is 0.212. The highest BCUT2D eigenvalue weighted by Gasteiger charge is 2.19. The molecule has 0 atom stereocenters. The third-order valence-corrected chi connectivity index (χ3v) is 7.52. The quantitative estimate of drug-likeness (QED) is 0.107. The first-order valence-electron chi connectivity index (χ1n) is 14.0. The van der Waals surface area contributed by atoms with Gasteiger partial charge in [0.1, 0.15) is 11.7 Å². The number of hydrogen-bond donors (Lipinski definition) is 4. The normalized spacial score (nSPS) is 11.1. The van der Waals surface area contributed by atoms with Gasteiger partial charge in [-0.3, -0.25) is 15.2 Å². The highest BCUT2D eigenvalue weighted by atomic mass is 16.2. The molecular weight excluding hydrogens is 524 g/mol. The maximum Gasteiger partial charge on any atom is 0.227 e. The number of aromatic nitrogens is 2. The first-order valence-corrected chi connectivity index (χ1v) is 14.0. The summed E-state index contributed by atoms with van der Waals surface area (Å²) < 4.78 is 2.11. The van der Waals surface area contributed by atoms with Gasteiger partial charge >= 0.3 is 0 Å². The number of benzene rings is 4. The first-order chi connectivity index (χ1) is 20.3. The number of aryl methyl sites for hydroxylation is 3. The molecule has 5 aromatic rings. The molecule has 0 aliphatic rings. The summed E-state index contributed by atoms with van der Waals surface area (Å²) in [7, 11) is 2.02. The van der Waals surface area contributed by atoms with Crippen LogP contribution in [0, 0.1) is 5.41 Å². The van der Waals surface area contributed by atoms with Crippen LogP contribution in [0.4, 0.5) is 5.69 Å². The second-order valence-electron chi connectivity index (χ2n) is 10.4. The number of guanidine groups is 1. The van der Waals surface area contributed by atoms with Crippen molar-refractivity contribution in [2.75, 3.05) is 11.4 Å². The van der Waals surface area contributed by atoms with Gasteiger partial charge in [-0.15, -0.1) is 0 Å². The predicted octanol–water partition coefficient (Wildman–Crippen LogP) is 4.38. The molecule has 7 N–H and O–H groups in total. The monoisotopic (exact) mass is 560 g/mol. The molecule has 1 amide bonds. The molecule has 0 saturated heterocycles. The number of amidine groups is 1. The molecular formula is C33H36N8O. The Morgan fingerprint density at radius 2 is 1.71 bits per heavy atom. The van der Waals surface area contributed by atoms with Crippen molar-refractivity contribution in [3.05, 3.63) is 107 Å². The molecule has 0 aliphatic heterocycles. The minimum absolute atomic E-state index is 0.00163. The van der Waals surface area contributed by atoms with Gasteiger partial charge in [0.25, 0.3) is 0 Å². The molecule has 4 aromatic carbocycles. The van der Waals surface area contributed by atoms with E-state index in [9.17, 15) is 4.79 Å². The molecule has 0 unspecified atom stereocenters. The van der Waals surface area contributed by atoms with Crippen LogP contribution in [0.25, 0.3) is 21.8 Å². The summed E-state index contributed by atoms with van der Waals surface area (Å²) in [5.41, 5.74) is 22.1. The predicted molar refractivity (Wildman–Crippen MR) is 171 cm³/mol. The molecule has 9 nitrogen and oxygen atoms in total. The molecule has 9 heteroatoms. The zero-order chi connectivity index (χ0) is 29.6. The summed E-state index contributed by atoms with van der Waals surface area (Å²) in [5, 5.41) is 9.84. The summed E-state index contributed by atoms with van der Waals surface area (Å²) >= 11 is 0. The van der Waals surface area contributed by atoms with Crippen molar-refractivity contribution in [3.63, 3.8) is 0 Å². The van der Waals surface area contributed by atoms with Crippen LogP contribution in [0.5, 0.6) is 0 Å². The van der Waals surface area contributed by atoms with Gasteiger partial charge in [0, 0.05) is 37.7 Å². The lowest BCUT2D eigenvalue weighted by Gasteiger charge is -2.24. The van der Waals surface area contributed by atoms with E-state index < -0.39 is 0 Å². The average Bonchev–Trinajstić information content (AvgIpc) is 3.31. The van der Waals surface area contributed by atoms with Crippen LogP contribution >= 0.6 is 0 Å². The second kappa shape index (κ2) is 12.6. The fourth-order valence-corrected chi connectivity index (χ4v) is 5.23. The molecule has 214 valence electrons. The standard InChI is InChI=1S/C33H36N8O/c1-40-29-17-16-26(20-28(29)39-30(40)18-13-22-11-14-24(15-12-22)32(34)35)41(31(42)10-5-19-38-33(36)37)21-25-8-4-7-23-6-2-3-9-27(23)25/h2-4,6-9,11-12,14-17,20H,5,10,13,18-19,21H2,1H3,(H3,34,35)(H4,36,37,38). The molecule has 0 aliphatic carbocycles. The van der Waals surface area contributed by atoms with Crippen LogP contribution in [0.2, 0.25) is 0 Å². The number of rotatable bonds is 11. The lowest BCUT2D eigenvalue weighted by atomic mass is 10.0. The second-order valence-corrected chi connectivity index (χ2v) is 10.4. The zero-order valence-electron chi connectivity index (χ0n) is 23.8. The van der Waals surface area contributed by atoms with Crippen molar-refractivity contribution < 1.29 is 4.79 Å². The molecule has 1 heterocycles. The smallest absolute Gasteiger partial charge is 0.227 e. The number of fused-ring (bicyclic) bond motifs is 2. The van der Waals surface area contributed by atoms with Crippen molar-refractivity contribution in [1.29, 1.82) is 5.41 Å². The Morgan fingerprint density at radius 3 is 2.48 bits per heavy atom. The molecule has 0 saturated carbocycles. The summed E-state index contributed by atoms with van der Waals surface area (Å²) in [4.78, 5) is 24.5. The van der Waals surface area contributed by atoms with Crippen LogP contribution in [0.15, 0.2) is 89.9 Å². The van der Waals surface area contributed by atoms with Gasteiger partial charge in [-0.2, -0.15) is 0 Å². The molecule has 5 rings (SSSR count). The van der Waals surface area contributed by atoms with Crippen LogP contribution < -0.4 is 22.1 Å². The van der Waals surface area contributed by atoms with Crippen molar-refractivity contribution >= 4 is 45.2 Å². The van der Waals surface area contributed by atoms with E-state index in [0.29, 0.717) is 31.5 Å². The lowest BCUT2D eigenvalue weighted by molar-refractivity contribution is -0.118. The lowest BCUT2D eigenvalue weighted by Crippen LogP contribution is -2.30. The topological polar surface area (TPSA) is 152 Å². The SMILES string of the molecule is Cn1c(CCc2ccc(C(=N)N)cc2)nc2cc(N(Cc3cccc4ccccc34)C(=O)CCCN=C(N)N)ccc21. The van der Waals surface area contributed by atoms with E-state index >= 15 is 0 Å². The van der Waals surface area contributed by atoms with E-state index in [1.807, 2.05) is 72.6 Å². The van der Waals surface area contributed by atoms with Crippen molar-refractivity contribution in [1.82, 2.24) is 9.55 Å². The van der Waals surface area contributed by atoms with Gasteiger partial charge < -0.3 is 26.7 Å². The minimum Gasteiger partial charge on any atom is -0.384 e. The Morgan fingerprint density at radius 1 is 0.952 bits per heavy atom. The van der Waals surface area contributed by atoms with E-state index in [1.165, 1.54) is 0 Å². The Labute approximate surface area is 245 Å². The highest BCUT2D eigenvalue weighted by molar-refractivity contribution is 5.97. The minimum atomic E-state index is -0.00163. The number of aliphatic imine (C=N–C) groups is 1. The number of hydrogen-bond acceptors (Lipinski definition) is 4. The number of nitrogens with one attached hydrogen (secondary N) is 1. The maximum atomic E-state index is 13.6. The zero-order valence-corrected chi connectivity index (χ0v) is 23.8. The summed E-state index contributed by atoms with van der Waals surface area (Å²) in [6.45, 7) is 0.834. The summed E-state index contributed by atoms with van der Waals surface area (Å²) in [6.07, 6.45) is 2.43. The van der Waals surface area contributed by atoms with Gasteiger partial charge in [-0.05, 0) is 52.9 Å². The number of nitrogens with two attached hydrogens (primary N) is 3. The maximum absolute atomic E-state index is 13.6. The number of anilines is 1. The fourth-order valence-electron chi connectivity index (χ4n) is 5.23. The highest BCUT2D eigenvalue weighted by Crippen LogP contribution is 2.28. The number of nitrogen functional groups attached to an aromatic ring is 1. The van der Waals surface area contributed by atoms with E-state index in [4.69, 9.17) is 27.6 Å². The van der Waals surface area contributed by atoms with Gasteiger partial charge in [0.15, 0.2) is 5.96 Å². The van der Waals surface area contributed by atoms with Crippen LogP contribution in [0.1, 0.15) is 35.4 Å². The molecule has 42 heavy (non-hydrogen) atoms. The van der Waals surface area contributed by atoms with E-state index in [-0.39, 0.29) is 17.7 Å². The summed E-state index contributed by atoms with van der Waals surface area (Å²) in [6, 6.07) is 28.2. The van der Waals surface area contributed by atoms with Crippen molar-refractivity contribution in [3.8, 4) is 0 Å². The average molecular weight is 561 g/mol. The van der Waals surface area contributed by atoms with Crippen LogP contribution in [-0.2, 0) is 31.2 Å². The third-order valence-electron chi connectivity index (χ3n) is 7.52. The Bertz CT molecular complexity index is 1760. The number of amides is 1. The number of carbonyl (C=O) groups is 1. The Kier molecular flexibility index (Phi) is 8.47. The Balaban J connectivity index is 1.42. The molecule has 1 aromatic heterocycles. The van der Waals surface area contributed by atoms with Crippen molar-refractivity contribution in [2.24, 2.45) is 29.2 Å². The van der Waals surface area contributed by atoms with E-state index in [2.05, 4.69) is 33.8 Å². The number of imidazole rings is 1. The molecule has 0 fully saturated rings. The number of nitrogens with zero attached hydrogens (tertiary/aromatic N) is 4. The third kappa shape index (κ3) is 6.41. The molecule has 0 spiro atoms.